The zero-order chi connectivity index (χ0) is 21.6. The molecule has 1 aromatic heterocycles. The summed E-state index contributed by atoms with van der Waals surface area (Å²) in [4.78, 5) is 37.6. The lowest BCUT2D eigenvalue weighted by atomic mass is 9.84. The molecule has 1 aromatic rings. The average Bonchev–Trinajstić information content (AvgIpc) is 3.33. The highest BCUT2D eigenvalue weighted by atomic mass is 16.2. The fourth-order valence-corrected chi connectivity index (χ4v) is 5.93. The summed E-state index contributed by atoms with van der Waals surface area (Å²) >= 11 is 0. The highest BCUT2D eigenvalue weighted by Crippen LogP contribution is 2.35. The van der Waals surface area contributed by atoms with Crippen LogP contribution in [-0.4, -0.2) is 86.4 Å². The van der Waals surface area contributed by atoms with Gasteiger partial charge in [0.15, 0.2) is 0 Å². The van der Waals surface area contributed by atoms with Crippen molar-refractivity contribution in [2.45, 2.75) is 88.6 Å². The quantitative estimate of drug-likeness (QED) is 0.763. The number of likely N-dealkylation sites (tertiary alicyclic amines) is 1. The van der Waals surface area contributed by atoms with Gasteiger partial charge in [0.2, 0.25) is 11.8 Å². The maximum Gasteiger partial charge on any atom is 0.243 e. The van der Waals surface area contributed by atoms with Gasteiger partial charge in [-0.15, -0.1) is 0 Å². The monoisotopic (exact) mass is 428 g/mol. The van der Waals surface area contributed by atoms with E-state index in [1.807, 2.05) is 17.3 Å². The molecule has 170 valence electrons. The fraction of sp³-hybridized carbons (Fsp3) is 0.783. The van der Waals surface area contributed by atoms with E-state index in [1.165, 1.54) is 19.3 Å². The molecule has 4 fully saturated rings. The Hall–Kier alpha value is -1.93. The van der Waals surface area contributed by atoms with Crippen molar-refractivity contribution in [3.8, 4) is 0 Å². The molecule has 0 aromatic carbocycles. The highest BCUT2D eigenvalue weighted by molar-refractivity contribution is 5.92. The standard InChI is InChI=1S/C23H36N6O2/c1-3-28-12-9-24-20(28)16-27-10-7-23(8-11-27)14-21(30)29-15-18(13-19(29)22(31)25-23)26(2)17-5-4-6-17/h9,12,17-19H,3-8,10-11,13-16H2,1-2H3,(H,25,31)/t18-,19-/m0/s1. The van der Waals surface area contributed by atoms with Crippen LogP contribution in [0.2, 0.25) is 0 Å². The summed E-state index contributed by atoms with van der Waals surface area (Å²) in [6.45, 7) is 6.33. The minimum Gasteiger partial charge on any atom is -0.348 e. The van der Waals surface area contributed by atoms with Crippen molar-refractivity contribution in [3.63, 3.8) is 0 Å². The second-order valence-corrected chi connectivity index (χ2v) is 10.1. The third kappa shape index (κ3) is 3.89. The largest absolute Gasteiger partial charge is 0.348 e. The van der Waals surface area contributed by atoms with E-state index >= 15 is 0 Å². The number of piperidine rings is 1. The second kappa shape index (κ2) is 8.20. The van der Waals surface area contributed by atoms with E-state index in [0.29, 0.717) is 25.0 Å². The van der Waals surface area contributed by atoms with Crippen LogP contribution in [0.25, 0.3) is 0 Å². The maximum atomic E-state index is 13.2. The van der Waals surface area contributed by atoms with Crippen molar-refractivity contribution in [3.05, 3.63) is 18.2 Å². The van der Waals surface area contributed by atoms with E-state index in [-0.39, 0.29) is 23.4 Å². The molecule has 1 N–H and O–H groups in total. The summed E-state index contributed by atoms with van der Waals surface area (Å²) in [7, 11) is 2.17. The molecular formula is C23H36N6O2. The second-order valence-electron chi connectivity index (χ2n) is 10.1. The number of imidazole rings is 1. The molecule has 3 aliphatic heterocycles. The number of carbonyl (C=O) groups excluding carboxylic acids is 2. The number of likely N-dealkylation sites (N-methyl/N-ethyl adjacent to an activating group) is 1. The molecule has 5 rings (SSSR count). The Bertz CT molecular complexity index is 798. The Balaban J connectivity index is 1.21. The van der Waals surface area contributed by atoms with E-state index in [0.717, 1.165) is 51.3 Å². The predicted octanol–water partition coefficient (Wildman–Crippen LogP) is 1.21. The molecule has 2 atom stereocenters. The molecule has 8 heteroatoms. The number of fused-ring (bicyclic) bond motifs is 1. The number of carbonyl (C=O) groups is 2. The third-order valence-electron chi connectivity index (χ3n) is 8.33. The first-order valence-electron chi connectivity index (χ1n) is 12.0. The van der Waals surface area contributed by atoms with Gasteiger partial charge in [0.25, 0.3) is 0 Å². The first-order chi connectivity index (χ1) is 15.0. The van der Waals surface area contributed by atoms with Gasteiger partial charge in [0.1, 0.15) is 11.9 Å². The summed E-state index contributed by atoms with van der Waals surface area (Å²) in [6, 6.07) is 0.642. The number of hydrogen-bond donors (Lipinski definition) is 1. The van der Waals surface area contributed by atoms with Gasteiger partial charge < -0.3 is 14.8 Å². The number of rotatable bonds is 5. The number of nitrogens with zero attached hydrogens (tertiary/aromatic N) is 5. The van der Waals surface area contributed by atoms with Crippen molar-refractivity contribution in [2.24, 2.45) is 0 Å². The summed E-state index contributed by atoms with van der Waals surface area (Å²) in [5.41, 5.74) is -0.384. The van der Waals surface area contributed by atoms with Crippen LogP contribution in [-0.2, 0) is 22.7 Å². The molecule has 0 radical (unpaired) electrons. The Morgan fingerprint density at radius 3 is 2.68 bits per heavy atom. The molecular weight excluding hydrogens is 392 g/mol. The van der Waals surface area contributed by atoms with E-state index in [4.69, 9.17) is 0 Å². The zero-order valence-corrected chi connectivity index (χ0v) is 18.9. The lowest BCUT2D eigenvalue weighted by Crippen LogP contribution is -2.56. The van der Waals surface area contributed by atoms with Crippen molar-refractivity contribution < 1.29 is 9.59 Å². The molecule has 0 unspecified atom stereocenters. The van der Waals surface area contributed by atoms with E-state index < -0.39 is 0 Å². The molecule has 8 nitrogen and oxygen atoms in total. The van der Waals surface area contributed by atoms with Crippen LogP contribution in [0.3, 0.4) is 0 Å². The molecule has 31 heavy (non-hydrogen) atoms. The normalized spacial score (nSPS) is 29.2. The fourth-order valence-electron chi connectivity index (χ4n) is 5.93. The summed E-state index contributed by atoms with van der Waals surface area (Å²) in [6.07, 6.45) is 10.5. The van der Waals surface area contributed by atoms with Gasteiger partial charge in [-0.3, -0.25) is 19.4 Å². The maximum absolute atomic E-state index is 13.2. The molecule has 4 heterocycles. The Morgan fingerprint density at radius 2 is 2.00 bits per heavy atom. The van der Waals surface area contributed by atoms with Crippen LogP contribution in [0.1, 0.15) is 57.7 Å². The van der Waals surface area contributed by atoms with Gasteiger partial charge in [-0.2, -0.15) is 0 Å². The molecule has 1 spiro atoms. The van der Waals surface area contributed by atoms with E-state index in [1.54, 1.807) is 0 Å². The van der Waals surface area contributed by atoms with Gasteiger partial charge in [0.05, 0.1) is 18.5 Å². The Morgan fingerprint density at radius 1 is 1.23 bits per heavy atom. The van der Waals surface area contributed by atoms with Crippen LogP contribution in [0.4, 0.5) is 0 Å². The molecule has 1 aliphatic carbocycles. The van der Waals surface area contributed by atoms with Crippen LogP contribution in [0.5, 0.6) is 0 Å². The topological polar surface area (TPSA) is 73.7 Å². The number of aryl methyl sites for hydroxylation is 1. The first kappa shape index (κ1) is 20.9. The first-order valence-corrected chi connectivity index (χ1v) is 12.0. The minimum atomic E-state index is -0.384. The van der Waals surface area contributed by atoms with E-state index in [2.05, 4.69) is 38.6 Å². The van der Waals surface area contributed by atoms with Crippen molar-refractivity contribution in [2.75, 3.05) is 26.7 Å². The summed E-state index contributed by atoms with van der Waals surface area (Å²) < 4.78 is 2.17. The van der Waals surface area contributed by atoms with Gasteiger partial charge >= 0.3 is 0 Å². The molecule has 4 aliphatic rings. The lowest BCUT2D eigenvalue weighted by molar-refractivity contribution is -0.135. The van der Waals surface area contributed by atoms with E-state index in [9.17, 15) is 9.59 Å². The smallest absolute Gasteiger partial charge is 0.243 e. The van der Waals surface area contributed by atoms with Gasteiger partial charge in [-0.25, -0.2) is 4.98 Å². The lowest BCUT2D eigenvalue weighted by Gasteiger charge is -2.41. The number of amides is 2. The molecule has 2 amide bonds. The third-order valence-corrected chi connectivity index (χ3v) is 8.33. The minimum absolute atomic E-state index is 0.0605. The van der Waals surface area contributed by atoms with Crippen LogP contribution in [0.15, 0.2) is 12.4 Å². The highest BCUT2D eigenvalue weighted by Gasteiger charge is 2.50. The van der Waals surface area contributed by atoms with Crippen molar-refractivity contribution >= 4 is 11.8 Å². The SMILES string of the molecule is CCn1ccnc1CN1CCC2(CC1)CC(=O)N1C[C@@H](N(C)C3CCC3)C[C@H]1C(=O)N2. The van der Waals surface area contributed by atoms with Crippen LogP contribution in [0, 0.1) is 0 Å². The Labute approximate surface area is 184 Å². The van der Waals surface area contributed by atoms with Gasteiger partial charge in [-0.1, -0.05) is 6.42 Å². The molecule has 1 saturated carbocycles. The number of aromatic nitrogens is 2. The predicted molar refractivity (Wildman–Crippen MR) is 117 cm³/mol. The average molecular weight is 429 g/mol. The zero-order valence-electron chi connectivity index (χ0n) is 18.9. The Kier molecular flexibility index (Phi) is 5.54. The molecule has 0 bridgehead atoms. The van der Waals surface area contributed by atoms with Crippen LogP contribution >= 0.6 is 0 Å². The number of nitrogens with one attached hydrogen (secondary N) is 1. The summed E-state index contributed by atoms with van der Waals surface area (Å²) in [5.74, 6) is 1.30. The van der Waals surface area contributed by atoms with Gasteiger partial charge in [0, 0.05) is 50.7 Å². The van der Waals surface area contributed by atoms with Crippen LogP contribution < -0.4 is 5.32 Å². The van der Waals surface area contributed by atoms with Crippen molar-refractivity contribution in [1.29, 1.82) is 0 Å². The summed E-state index contributed by atoms with van der Waals surface area (Å²) in [5, 5.41) is 3.35. The van der Waals surface area contributed by atoms with Gasteiger partial charge in [-0.05, 0) is 46.1 Å². The van der Waals surface area contributed by atoms with Crippen molar-refractivity contribution in [1.82, 2.24) is 29.6 Å². The number of hydrogen-bond acceptors (Lipinski definition) is 5. The molecule has 3 saturated heterocycles.